The Morgan fingerprint density at radius 3 is 3.14 bits per heavy atom. The molecule has 1 atom stereocenters. The zero-order valence-electron chi connectivity index (χ0n) is 8.66. The van der Waals surface area contributed by atoms with Crippen LogP contribution >= 0.6 is 0 Å². The van der Waals surface area contributed by atoms with Crippen molar-refractivity contribution >= 4 is 6.03 Å². The van der Waals surface area contributed by atoms with Gasteiger partial charge in [0.05, 0.1) is 19.3 Å². The van der Waals surface area contributed by atoms with Crippen molar-refractivity contribution < 1.29 is 9.53 Å². The van der Waals surface area contributed by atoms with Crippen LogP contribution in [0.1, 0.15) is 13.3 Å². The Hall–Kier alpha value is -0.810. The largest absolute Gasteiger partial charge is 0.377 e. The summed E-state index contributed by atoms with van der Waals surface area (Å²) in [4.78, 5) is 13.5. The van der Waals surface area contributed by atoms with Gasteiger partial charge < -0.3 is 20.7 Å². The maximum Gasteiger partial charge on any atom is 0.317 e. The molecule has 82 valence electrons. The minimum atomic E-state index is -0.0226. The van der Waals surface area contributed by atoms with Gasteiger partial charge in [0.1, 0.15) is 0 Å². The van der Waals surface area contributed by atoms with E-state index >= 15 is 0 Å². The second-order valence-corrected chi connectivity index (χ2v) is 3.35. The fourth-order valence-corrected chi connectivity index (χ4v) is 1.54. The molecule has 5 nitrogen and oxygen atoms in total. The van der Waals surface area contributed by atoms with Crippen molar-refractivity contribution in [1.29, 1.82) is 0 Å². The van der Waals surface area contributed by atoms with Crippen LogP contribution in [0.15, 0.2) is 0 Å². The molecule has 2 amide bonds. The molecule has 1 fully saturated rings. The number of carbonyl (C=O) groups excluding carboxylic acids is 1. The van der Waals surface area contributed by atoms with Crippen molar-refractivity contribution in [3.05, 3.63) is 0 Å². The number of carbonyl (C=O) groups is 1. The summed E-state index contributed by atoms with van der Waals surface area (Å²) in [5.41, 5.74) is 5.32. The van der Waals surface area contributed by atoms with Gasteiger partial charge in [0.2, 0.25) is 0 Å². The normalized spacial score (nSPS) is 22.1. The molecule has 3 N–H and O–H groups in total. The Balaban J connectivity index is 2.41. The van der Waals surface area contributed by atoms with Crippen LogP contribution in [0, 0.1) is 0 Å². The van der Waals surface area contributed by atoms with Gasteiger partial charge in [-0.05, 0) is 6.42 Å². The molecular formula is C9H19N3O2. The lowest BCUT2D eigenvalue weighted by atomic mass is 10.2. The van der Waals surface area contributed by atoms with E-state index in [1.54, 1.807) is 0 Å². The summed E-state index contributed by atoms with van der Waals surface area (Å²) in [6.45, 7) is 5.02. The maximum atomic E-state index is 11.6. The molecule has 1 aliphatic heterocycles. The van der Waals surface area contributed by atoms with E-state index in [9.17, 15) is 4.79 Å². The molecule has 1 unspecified atom stereocenters. The van der Waals surface area contributed by atoms with Crippen LogP contribution < -0.4 is 11.1 Å². The molecule has 5 heteroatoms. The Kier molecular flexibility index (Phi) is 4.69. The van der Waals surface area contributed by atoms with E-state index in [1.165, 1.54) is 0 Å². The van der Waals surface area contributed by atoms with Crippen LogP contribution in [0.3, 0.4) is 0 Å². The average molecular weight is 201 g/mol. The molecular weight excluding hydrogens is 182 g/mol. The number of nitrogens with one attached hydrogen (secondary N) is 1. The van der Waals surface area contributed by atoms with Gasteiger partial charge in [0, 0.05) is 19.6 Å². The molecule has 1 aliphatic rings. The Morgan fingerprint density at radius 2 is 2.50 bits per heavy atom. The average Bonchev–Trinajstić information content (AvgIpc) is 2.25. The number of hydrogen-bond donors (Lipinski definition) is 2. The Labute approximate surface area is 84.6 Å². The SMILES string of the molecule is CCC1COCCN1C(=O)NCCN. The topological polar surface area (TPSA) is 67.6 Å². The van der Waals surface area contributed by atoms with Gasteiger partial charge >= 0.3 is 6.03 Å². The molecule has 14 heavy (non-hydrogen) atoms. The highest BCUT2D eigenvalue weighted by molar-refractivity contribution is 5.74. The van der Waals surface area contributed by atoms with E-state index in [1.807, 2.05) is 4.90 Å². The second kappa shape index (κ2) is 5.82. The number of nitrogens with zero attached hydrogens (tertiary/aromatic N) is 1. The highest BCUT2D eigenvalue weighted by atomic mass is 16.5. The predicted molar refractivity (Wildman–Crippen MR) is 54.1 cm³/mol. The summed E-state index contributed by atoms with van der Waals surface area (Å²) in [6.07, 6.45) is 0.927. The summed E-state index contributed by atoms with van der Waals surface area (Å²) < 4.78 is 5.31. The lowest BCUT2D eigenvalue weighted by Crippen LogP contribution is -2.52. The van der Waals surface area contributed by atoms with Crippen molar-refractivity contribution in [2.24, 2.45) is 5.73 Å². The Morgan fingerprint density at radius 1 is 1.71 bits per heavy atom. The van der Waals surface area contributed by atoms with Gasteiger partial charge in [-0.3, -0.25) is 0 Å². The first-order valence-electron chi connectivity index (χ1n) is 5.11. The first-order chi connectivity index (χ1) is 6.79. The minimum absolute atomic E-state index is 0.0226. The van der Waals surface area contributed by atoms with Gasteiger partial charge in [0.15, 0.2) is 0 Å². The maximum absolute atomic E-state index is 11.6. The molecule has 1 saturated heterocycles. The molecule has 0 aromatic rings. The fourth-order valence-electron chi connectivity index (χ4n) is 1.54. The van der Waals surface area contributed by atoms with Crippen LogP contribution in [0.5, 0.6) is 0 Å². The van der Waals surface area contributed by atoms with Crippen LogP contribution in [-0.4, -0.2) is 49.8 Å². The monoisotopic (exact) mass is 201 g/mol. The number of ether oxygens (including phenoxy) is 1. The minimum Gasteiger partial charge on any atom is -0.377 e. The summed E-state index contributed by atoms with van der Waals surface area (Å²) in [7, 11) is 0. The van der Waals surface area contributed by atoms with Crippen LogP contribution in [0.4, 0.5) is 4.79 Å². The fraction of sp³-hybridized carbons (Fsp3) is 0.889. The van der Waals surface area contributed by atoms with E-state index in [0.29, 0.717) is 32.8 Å². The molecule has 1 rings (SSSR count). The van der Waals surface area contributed by atoms with Crippen molar-refractivity contribution in [2.75, 3.05) is 32.8 Å². The molecule has 0 aromatic carbocycles. The standard InChI is InChI=1S/C9H19N3O2/c1-2-8-7-14-6-5-12(8)9(13)11-4-3-10/h8H,2-7,10H2,1H3,(H,11,13). The molecule has 1 heterocycles. The first-order valence-corrected chi connectivity index (χ1v) is 5.11. The number of hydrogen-bond acceptors (Lipinski definition) is 3. The highest BCUT2D eigenvalue weighted by Crippen LogP contribution is 2.09. The van der Waals surface area contributed by atoms with Gasteiger partial charge in [-0.25, -0.2) is 4.79 Å². The molecule has 0 spiro atoms. The Bertz CT molecular complexity index is 187. The van der Waals surface area contributed by atoms with E-state index < -0.39 is 0 Å². The van der Waals surface area contributed by atoms with Gasteiger partial charge in [-0.15, -0.1) is 0 Å². The zero-order valence-corrected chi connectivity index (χ0v) is 8.66. The van der Waals surface area contributed by atoms with E-state index in [2.05, 4.69) is 12.2 Å². The molecule has 0 saturated carbocycles. The summed E-state index contributed by atoms with van der Waals surface area (Å²) in [6, 6.07) is 0.187. The van der Waals surface area contributed by atoms with Crippen LogP contribution in [-0.2, 0) is 4.74 Å². The lowest BCUT2D eigenvalue weighted by Gasteiger charge is -2.34. The van der Waals surface area contributed by atoms with Crippen molar-refractivity contribution in [3.8, 4) is 0 Å². The number of rotatable bonds is 3. The zero-order chi connectivity index (χ0) is 10.4. The molecule has 0 bridgehead atoms. The van der Waals surface area contributed by atoms with Gasteiger partial charge in [0.25, 0.3) is 0 Å². The number of urea groups is 1. The first kappa shape index (κ1) is 11.3. The second-order valence-electron chi connectivity index (χ2n) is 3.35. The van der Waals surface area contributed by atoms with Crippen molar-refractivity contribution in [3.63, 3.8) is 0 Å². The third-order valence-electron chi connectivity index (χ3n) is 2.38. The van der Waals surface area contributed by atoms with E-state index in [4.69, 9.17) is 10.5 Å². The van der Waals surface area contributed by atoms with Crippen molar-refractivity contribution in [2.45, 2.75) is 19.4 Å². The highest BCUT2D eigenvalue weighted by Gasteiger charge is 2.25. The molecule has 0 aliphatic carbocycles. The third-order valence-corrected chi connectivity index (χ3v) is 2.38. The lowest BCUT2D eigenvalue weighted by molar-refractivity contribution is 0.0114. The van der Waals surface area contributed by atoms with Crippen molar-refractivity contribution in [1.82, 2.24) is 10.2 Å². The number of nitrogens with two attached hydrogens (primary N) is 1. The summed E-state index contributed by atoms with van der Waals surface area (Å²) >= 11 is 0. The van der Waals surface area contributed by atoms with E-state index in [0.717, 1.165) is 6.42 Å². The van der Waals surface area contributed by atoms with E-state index in [-0.39, 0.29) is 12.1 Å². The number of morpholine rings is 1. The third kappa shape index (κ3) is 2.85. The smallest absolute Gasteiger partial charge is 0.317 e. The molecule has 0 radical (unpaired) electrons. The quantitative estimate of drug-likeness (QED) is 0.662. The van der Waals surface area contributed by atoms with Gasteiger partial charge in [-0.1, -0.05) is 6.92 Å². The molecule has 0 aromatic heterocycles. The van der Waals surface area contributed by atoms with Crippen LogP contribution in [0.25, 0.3) is 0 Å². The summed E-state index contributed by atoms with van der Waals surface area (Å²) in [5.74, 6) is 0. The van der Waals surface area contributed by atoms with Gasteiger partial charge in [-0.2, -0.15) is 0 Å². The van der Waals surface area contributed by atoms with Crippen LogP contribution in [0.2, 0.25) is 0 Å². The number of amides is 2. The summed E-state index contributed by atoms with van der Waals surface area (Å²) in [5, 5.41) is 2.77. The predicted octanol–water partition coefficient (Wildman–Crippen LogP) is -0.234.